The number of ether oxygens (including phenoxy) is 1. The van der Waals surface area contributed by atoms with E-state index >= 15 is 0 Å². The zero-order chi connectivity index (χ0) is 18.1. The zero-order valence-corrected chi connectivity index (χ0v) is 15.0. The third-order valence-electron chi connectivity index (χ3n) is 4.23. The standard InChI is InChI=1S/C19H27N3O3/c1-15(23)22(12-9-19(24)20-10-5-13-25-2)11-8-16-14-21-18-7-4-3-6-17(16)18/h3-4,6-7,14,21H,5,8-13H2,1-2H3,(H,20,24). The highest BCUT2D eigenvalue weighted by molar-refractivity contribution is 5.83. The van der Waals surface area contributed by atoms with Gasteiger partial charge >= 0.3 is 0 Å². The molecule has 2 rings (SSSR count). The zero-order valence-electron chi connectivity index (χ0n) is 15.0. The predicted molar refractivity (Wildman–Crippen MR) is 98.4 cm³/mol. The van der Waals surface area contributed by atoms with Crippen LogP contribution in [-0.4, -0.2) is 55.0 Å². The second-order valence-corrected chi connectivity index (χ2v) is 6.06. The number of nitrogens with one attached hydrogen (secondary N) is 2. The fourth-order valence-corrected chi connectivity index (χ4v) is 2.79. The Hall–Kier alpha value is -2.34. The Morgan fingerprint density at radius 1 is 1.24 bits per heavy atom. The summed E-state index contributed by atoms with van der Waals surface area (Å²) >= 11 is 0. The maximum atomic E-state index is 11.8. The van der Waals surface area contributed by atoms with Gasteiger partial charge in [-0.1, -0.05) is 18.2 Å². The molecule has 0 saturated carbocycles. The average Bonchev–Trinajstić information content (AvgIpc) is 3.01. The van der Waals surface area contributed by atoms with Crippen LogP contribution in [0.25, 0.3) is 10.9 Å². The van der Waals surface area contributed by atoms with Crippen molar-refractivity contribution in [3.8, 4) is 0 Å². The molecule has 136 valence electrons. The fourth-order valence-electron chi connectivity index (χ4n) is 2.79. The van der Waals surface area contributed by atoms with Crippen molar-refractivity contribution in [3.05, 3.63) is 36.0 Å². The Morgan fingerprint density at radius 2 is 2.04 bits per heavy atom. The van der Waals surface area contributed by atoms with Gasteiger partial charge < -0.3 is 19.9 Å². The first-order valence-electron chi connectivity index (χ1n) is 8.68. The minimum atomic E-state index is -0.0329. The first-order valence-corrected chi connectivity index (χ1v) is 8.68. The summed E-state index contributed by atoms with van der Waals surface area (Å²) < 4.78 is 4.94. The van der Waals surface area contributed by atoms with E-state index < -0.39 is 0 Å². The molecule has 2 amide bonds. The summed E-state index contributed by atoms with van der Waals surface area (Å²) in [4.78, 5) is 28.7. The van der Waals surface area contributed by atoms with Crippen LogP contribution in [0.15, 0.2) is 30.5 Å². The van der Waals surface area contributed by atoms with Crippen LogP contribution in [0, 0.1) is 0 Å². The van der Waals surface area contributed by atoms with Crippen molar-refractivity contribution in [2.75, 3.05) is 33.4 Å². The first kappa shape index (κ1) is 19.0. The number of aromatic amines is 1. The summed E-state index contributed by atoms with van der Waals surface area (Å²) in [7, 11) is 1.64. The van der Waals surface area contributed by atoms with Crippen molar-refractivity contribution < 1.29 is 14.3 Å². The lowest BCUT2D eigenvalue weighted by atomic mass is 10.1. The Balaban J connectivity index is 1.80. The SMILES string of the molecule is COCCCNC(=O)CCN(CCc1c[nH]c2ccccc12)C(C)=O. The minimum Gasteiger partial charge on any atom is -0.385 e. The molecule has 6 nitrogen and oxygen atoms in total. The molecular formula is C19H27N3O3. The molecule has 0 radical (unpaired) electrons. The van der Waals surface area contributed by atoms with Gasteiger partial charge in [0.1, 0.15) is 0 Å². The molecule has 0 bridgehead atoms. The first-order chi connectivity index (χ1) is 12.1. The predicted octanol–water partition coefficient (Wildman–Crippen LogP) is 2.10. The Kier molecular flexibility index (Phi) is 7.47. The number of para-hydroxylation sites is 1. The highest BCUT2D eigenvalue weighted by atomic mass is 16.5. The minimum absolute atomic E-state index is 0.00738. The molecule has 6 heteroatoms. The Bertz CT molecular complexity index is 696. The summed E-state index contributed by atoms with van der Waals surface area (Å²) in [5.41, 5.74) is 2.29. The van der Waals surface area contributed by atoms with Gasteiger partial charge in [0.05, 0.1) is 0 Å². The van der Waals surface area contributed by atoms with Gasteiger partial charge in [-0.15, -0.1) is 0 Å². The number of hydrogen-bond acceptors (Lipinski definition) is 3. The van der Waals surface area contributed by atoms with Crippen LogP contribution < -0.4 is 5.32 Å². The lowest BCUT2D eigenvalue weighted by Gasteiger charge is -2.20. The van der Waals surface area contributed by atoms with Crippen LogP contribution in [-0.2, 0) is 20.7 Å². The van der Waals surface area contributed by atoms with Crippen molar-refractivity contribution in [2.45, 2.75) is 26.2 Å². The Labute approximate surface area is 148 Å². The summed E-state index contributed by atoms with van der Waals surface area (Å²) in [6.45, 7) is 3.82. The molecule has 1 aromatic heterocycles. The van der Waals surface area contributed by atoms with Gasteiger partial charge in [0, 0.05) is 63.8 Å². The number of carbonyl (C=O) groups is 2. The van der Waals surface area contributed by atoms with Crippen LogP contribution in [0.4, 0.5) is 0 Å². The van der Waals surface area contributed by atoms with E-state index in [2.05, 4.69) is 16.4 Å². The summed E-state index contributed by atoms with van der Waals surface area (Å²) in [5, 5.41) is 4.03. The van der Waals surface area contributed by atoms with E-state index in [9.17, 15) is 9.59 Å². The van der Waals surface area contributed by atoms with Crippen LogP contribution in [0.5, 0.6) is 0 Å². The molecule has 25 heavy (non-hydrogen) atoms. The van der Waals surface area contributed by atoms with E-state index in [1.54, 1.807) is 18.9 Å². The highest BCUT2D eigenvalue weighted by Crippen LogP contribution is 2.18. The average molecular weight is 345 g/mol. The summed E-state index contributed by atoms with van der Waals surface area (Å²) in [6, 6.07) is 8.12. The monoisotopic (exact) mass is 345 g/mol. The van der Waals surface area contributed by atoms with E-state index in [0.717, 1.165) is 18.4 Å². The van der Waals surface area contributed by atoms with E-state index in [1.165, 1.54) is 10.9 Å². The lowest BCUT2D eigenvalue weighted by Crippen LogP contribution is -2.35. The Morgan fingerprint density at radius 3 is 2.80 bits per heavy atom. The number of fused-ring (bicyclic) bond motifs is 1. The number of H-pyrrole nitrogens is 1. The molecule has 0 aliphatic carbocycles. The molecule has 0 spiro atoms. The normalized spacial score (nSPS) is 10.8. The number of aromatic nitrogens is 1. The van der Waals surface area contributed by atoms with Crippen LogP contribution in [0.3, 0.4) is 0 Å². The number of benzene rings is 1. The van der Waals surface area contributed by atoms with Crippen LogP contribution in [0.1, 0.15) is 25.3 Å². The third kappa shape index (κ3) is 5.90. The highest BCUT2D eigenvalue weighted by Gasteiger charge is 2.12. The van der Waals surface area contributed by atoms with Gasteiger partial charge in [0.25, 0.3) is 0 Å². The number of nitrogens with zero attached hydrogens (tertiary/aromatic N) is 1. The molecular weight excluding hydrogens is 318 g/mol. The van der Waals surface area contributed by atoms with Gasteiger partial charge in [-0.05, 0) is 24.5 Å². The van der Waals surface area contributed by atoms with Gasteiger partial charge in [0.15, 0.2) is 0 Å². The van der Waals surface area contributed by atoms with E-state index in [1.807, 2.05) is 24.4 Å². The maximum Gasteiger partial charge on any atom is 0.221 e. The van der Waals surface area contributed by atoms with E-state index in [0.29, 0.717) is 32.7 Å². The van der Waals surface area contributed by atoms with E-state index in [-0.39, 0.29) is 11.8 Å². The molecule has 0 aliphatic heterocycles. The third-order valence-corrected chi connectivity index (χ3v) is 4.23. The van der Waals surface area contributed by atoms with Crippen LogP contribution in [0.2, 0.25) is 0 Å². The van der Waals surface area contributed by atoms with Crippen molar-refractivity contribution in [1.29, 1.82) is 0 Å². The van der Waals surface area contributed by atoms with Gasteiger partial charge in [0.2, 0.25) is 11.8 Å². The molecule has 0 unspecified atom stereocenters. The van der Waals surface area contributed by atoms with Gasteiger partial charge in [-0.3, -0.25) is 9.59 Å². The topological polar surface area (TPSA) is 74.4 Å². The smallest absolute Gasteiger partial charge is 0.221 e. The number of amides is 2. The molecule has 0 aliphatic rings. The van der Waals surface area contributed by atoms with Crippen molar-refractivity contribution in [2.24, 2.45) is 0 Å². The molecule has 2 N–H and O–H groups in total. The van der Waals surface area contributed by atoms with Gasteiger partial charge in [-0.2, -0.15) is 0 Å². The largest absolute Gasteiger partial charge is 0.385 e. The lowest BCUT2D eigenvalue weighted by molar-refractivity contribution is -0.129. The fraction of sp³-hybridized carbons (Fsp3) is 0.474. The number of hydrogen-bond donors (Lipinski definition) is 2. The molecule has 1 heterocycles. The quantitative estimate of drug-likeness (QED) is 0.648. The number of rotatable bonds is 10. The second-order valence-electron chi connectivity index (χ2n) is 6.06. The number of methoxy groups -OCH3 is 1. The molecule has 0 fully saturated rings. The molecule has 0 saturated heterocycles. The molecule has 1 aromatic carbocycles. The van der Waals surface area contributed by atoms with Crippen molar-refractivity contribution >= 4 is 22.7 Å². The molecule has 0 atom stereocenters. The van der Waals surface area contributed by atoms with Crippen molar-refractivity contribution in [1.82, 2.24) is 15.2 Å². The van der Waals surface area contributed by atoms with Gasteiger partial charge in [-0.25, -0.2) is 0 Å². The van der Waals surface area contributed by atoms with E-state index in [4.69, 9.17) is 4.74 Å². The maximum absolute atomic E-state index is 11.8. The molecule has 2 aromatic rings. The number of carbonyl (C=O) groups excluding carboxylic acids is 2. The summed E-state index contributed by atoms with van der Waals surface area (Å²) in [6.07, 6.45) is 3.87. The second kappa shape index (κ2) is 9.84. The summed E-state index contributed by atoms with van der Waals surface area (Å²) in [5.74, 6) is -0.0403. The van der Waals surface area contributed by atoms with Crippen LogP contribution >= 0.6 is 0 Å². The van der Waals surface area contributed by atoms with Crippen molar-refractivity contribution in [3.63, 3.8) is 0 Å².